The predicted octanol–water partition coefficient (Wildman–Crippen LogP) is 4.46. The molecule has 2 amide bonds. The highest BCUT2D eigenvalue weighted by Gasteiger charge is 2.33. The number of ketones is 1. The molecule has 3 aromatic rings. The molecule has 0 saturated carbocycles. The molecule has 1 unspecified atom stereocenters. The highest BCUT2D eigenvalue weighted by atomic mass is 32.2. The number of halogens is 1. The van der Waals surface area contributed by atoms with Crippen LogP contribution in [0.4, 0.5) is 14.9 Å². The molecular weight excluding hydrogens is 493 g/mol. The van der Waals surface area contributed by atoms with Crippen LogP contribution >= 0.6 is 11.8 Å². The van der Waals surface area contributed by atoms with Gasteiger partial charge in [-0.3, -0.25) is 14.5 Å². The average Bonchev–Trinajstić information content (AvgIpc) is 3.31. The first-order valence-corrected chi connectivity index (χ1v) is 13.4. The van der Waals surface area contributed by atoms with Crippen molar-refractivity contribution in [2.75, 3.05) is 36.8 Å². The molecule has 192 valence electrons. The van der Waals surface area contributed by atoms with Gasteiger partial charge >= 0.3 is 6.09 Å². The number of anilines is 1. The summed E-state index contributed by atoms with van der Waals surface area (Å²) in [5, 5.41) is 8.08. The Morgan fingerprint density at radius 3 is 2.70 bits per heavy atom. The predicted molar refractivity (Wildman–Crippen MR) is 143 cm³/mol. The molecule has 2 aliphatic heterocycles. The zero-order valence-electron chi connectivity index (χ0n) is 20.2. The molecular formula is C28H28FN3O4S. The number of Topliss-reactive ketones (excluding diaryl/α,β-unsaturated/α-hetero) is 1. The van der Waals surface area contributed by atoms with Gasteiger partial charge in [0.05, 0.1) is 18.8 Å². The van der Waals surface area contributed by atoms with Crippen LogP contribution in [0.25, 0.3) is 10.8 Å². The lowest BCUT2D eigenvalue weighted by Gasteiger charge is -2.24. The third-order valence-corrected chi connectivity index (χ3v) is 7.88. The number of hydrogen-bond donors (Lipinski definition) is 2. The van der Waals surface area contributed by atoms with Gasteiger partial charge in [0.2, 0.25) is 5.91 Å². The molecule has 37 heavy (non-hydrogen) atoms. The van der Waals surface area contributed by atoms with Crippen molar-refractivity contribution >= 4 is 46.0 Å². The number of fused-ring (bicyclic) bond motifs is 1. The number of thioether (sulfide) groups is 1. The van der Waals surface area contributed by atoms with Crippen LogP contribution < -0.4 is 15.5 Å². The third kappa shape index (κ3) is 5.94. The van der Waals surface area contributed by atoms with Gasteiger partial charge in [-0.15, -0.1) is 0 Å². The second kappa shape index (κ2) is 11.3. The van der Waals surface area contributed by atoms with E-state index in [0.29, 0.717) is 23.4 Å². The van der Waals surface area contributed by atoms with Crippen LogP contribution in [-0.2, 0) is 9.53 Å². The van der Waals surface area contributed by atoms with Crippen LogP contribution in [0, 0.1) is 5.82 Å². The summed E-state index contributed by atoms with van der Waals surface area (Å²) >= 11 is 1.71. The van der Waals surface area contributed by atoms with Crippen LogP contribution in [0.3, 0.4) is 0 Å². The summed E-state index contributed by atoms with van der Waals surface area (Å²) in [7, 11) is 0. The van der Waals surface area contributed by atoms with Crippen molar-refractivity contribution in [1.82, 2.24) is 10.6 Å². The maximum atomic E-state index is 14.8. The van der Waals surface area contributed by atoms with Gasteiger partial charge in [-0.25, -0.2) is 9.18 Å². The largest absolute Gasteiger partial charge is 0.442 e. The summed E-state index contributed by atoms with van der Waals surface area (Å²) in [6.07, 6.45) is -1.02. The molecule has 0 bridgehead atoms. The van der Waals surface area contributed by atoms with Crippen molar-refractivity contribution in [2.24, 2.45) is 0 Å². The van der Waals surface area contributed by atoms with E-state index in [-0.39, 0.29) is 48.7 Å². The van der Waals surface area contributed by atoms with E-state index in [1.54, 1.807) is 30.0 Å². The zero-order chi connectivity index (χ0) is 25.8. The zero-order valence-corrected chi connectivity index (χ0v) is 21.1. The second-order valence-corrected chi connectivity index (χ2v) is 10.5. The molecule has 0 aromatic heterocycles. The van der Waals surface area contributed by atoms with Crippen molar-refractivity contribution in [2.45, 2.75) is 24.2 Å². The molecule has 3 aromatic carbocycles. The van der Waals surface area contributed by atoms with Crippen LogP contribution in [-0.4, -0.2) is 55.8 Å². The number of carbonyl (C=O) groups is 3. The molecule has 0 aliphatic carbocycles. The molecule has 2 aliphatic rings. The Balaban J connectivity index is 1.10. The Labute approximate surface area is 218 Å². The van der Waals surface area contributed by atoms with E-state index in [2.05, 4.69) is 10.6 Å². The van der Waals surface area contributed by atoms with E-state index in [0.717, 1.165) is 23.1 Å². The van der Waals surface area contributed by atoms with Gasteiger partial charge in [-0.1, -0.05) is 42.5 Å². The highest BCUT2D eigenvalue weighted by molar-refractivity contribution is 7.99. The van der Waals surface area contributed by atoms with E-state index < -0.39 is 12.2 Å². The fraction of sp³-hybridized carbons (Fsp3) is 0.321. The van der Waals surface area contributed by atoms with Crippen molar-refractivity contribution in [3.8, 4) is 0 Å². The number of nitrogens with zero attached hydrogens (tertiary/aromatic N) is 1. The van der Waals surface area contributed by atoms with E-state index >= 15 is 0 Å². The number of nitrogens with one attached hydrogen (secondary N) is 2. The second-order valence-electron chi connectivity index (χ2n) is 9.17. The standard InChI is InChI=1S/C28H28FN3O4S/c29-24-14-21(7-8-23(24)26-16-30-11-12-37-26)32-17-22(36-28(32)35)15-31-27(34)10-9-25(33)20-6-5-18-3-1-2-4-19(18)13-20/h1-8,13-14,22,26,30H,9-12,15-17H2,(H,31,34)/t22-,26?/m0/s1. The van der Waals surface area contributed by atoms with Gasteiger partial charge < -0.3 is 15.4 Å². The summed E-state index contributed by atoms with van der Waals surface area (Å²) < 4.78 is 20.2. The summed E-state index contributed by atoms with van der Waals surface area (Å²) in [5.41, 5.74) is 1.62. The molecule has 5 rings (SSSR count). The summed E-state index contributed by atoms with van der Waals surface area (Å²) in [6.45, 7) is 1.95. The van der Waals surface area contributed by atoms with Gasteiger partial charge in [0.25, 0.3) is 0 Å². The molecule has 2 saturated heterocycles. The minimum Gasteiger partial charge on any atom is -0.442 e. The van der Waals surface area contributed by atoms with Crippen LogP contribution in [0.5, 0.6) is 0 Å². The monoisotopic (exact) mass is 521 g/mol. The van der Waals surface area contributed by atoms with Gasteiger partial charge in [0.15, 0.2) is 5.78 Å². The lowest BCUT2D eigenvalue weighted by atomic mass is 10.0. The summed E-state index contributed by atoms with van der Waals surface area (Å²) in [6, 6.07) is 18.1. The smallest absolute Gasteiger partial charge is 0.414 e. The molecule has 2 fully saturated rings. The topological polar surface area (TPSA) is 87.7 Å². The number of carbonyl (C=O) groups excluding carboxylic acids is 3. The third-order valence-electron chi connectivity index (χ3n) is 6.62. The van der Waals surface area contributed by atoms with Crippen molar-refractivity contribution < 1.29 is 23.5 Å². The van der Waals surface area contributed by atoms with Crippen LogP contribution in [0.1, 0.15) is 34.0 Å². The van der Waals surface area contributed by atoms with Gasteiger partial charge in [-0.2, -0.15) is 11.8 Å². The first-order valence-electron chi connectivity index (χ1n) is 12.4. The molecule has 9 heteroatoms. The van der Waals surface area contributed by atoms with E-state index in [4.69, 9.17) is 4.74 Å². The molecule has 0 radical (unpaired) electrons. The Hall–Kier alpha value is -3.43. The summed E-state index contributed by atoms with van der Waals surface area (Å²) in [4.78, 5) is 38.7. The Kier molecular flexibility index (Phi) is 7.71. The van der Waals surface area contributed by atoms with Gasteiger partial charge in [0.1, 0.15) is 11.9 Å². The van der Waals surface area contributed by atoms with Crippen molar-refractivity contribution in [1.29, 1.82) is 0 Å². The van der Waals surface area contributed by atoms with Crippen LogP contribution in [0.15, 0.2) is 60.7 Å². The quantitative estimate of drug-likeness (QED) is 0.426. The number of benzene rings is 3. The lowest BCUT2D eigenvalue weighted by Crippen LogP contribution is -2.34. The fourth-order valence-electron chi connectivity index (χ4n) is 4.60. The average molecular weight is 522 g/mol. The maximum Gasteiger partial charge on any atom is 0.414 e. The minimum absolute atomic E-state index is 0.0384. The molecule has 2 N–H and O–H groups in total. The van der Waals surface area contributed by atoms with Gasteiger partial charge in [-0.05, 0) is 29.0 Å². The van der Waals surface area contributed by atoms with E-state index in [1.807, 2.05) is 36.4 Å². The van der Waals surface area contributed by atoms with Crippen molar-refractivity contribution in [3.05, 3.63) is 77.6 Å². The normalized spacial score (nSPS) is 19.6. The molecule has 2 atom stereocenters. The van der Waals surface area contributed by atoms with E-state index in [1.165, 1.54) is 11.0 Å². The number of rotatable bonds is 8. The fourth-order valence-corrected chi connectivity index (χ4v) is 5.75. The lowest BCUT2D eigenvalue weighted by molar-refractivity contribution is -0.121. The number of cyclic esters (lactones) is 1. The minimum atomic E-state index is -0.577. The first kappa shape index (κ1) is 25.2. The first-order chi connectivity index (χ1) is 18.0. The Bertz CT molecular complexity index is 1330. The van der Waals surface area contributed by atoms with Gasteiger partial charge in [0, 0.05) is 48.1 Å². The Morgan fingerprint density at radius 2 is 1.92 bits per heavy atom. The maximum absolute atomic E-state index is 14.8. The SMILES string of the molecule is O=C(CCC(=O)c1ccc2ccccc2c1)NC[C@H]1CN(c2ccc(C3CNCCS3)c(F)c2)C(=O)O1. The van der Waals surface area contributed by atoms with E-state index in [9.17, 15) is 18.8 Å². The molecule has 2 heterocycles. The molecule has 7 nitrogen and oxygen atoms in total. The number of hydrogen-bond acceptors (Lipinski definition) is 6. The number of amides is 2. The van der Waals surface area contributed by atoms with Crippen molar-refractivity contribution in [3.63, 3.8) is 0 Å². The highest BCUT2D eigenvalue weighted by Crippen LogP contribution is 2.34. The molecule has 0 spiro atoms. The van der Waals surface area contributed by atoms with Crippen LogP contribution in [0.2, 0.25) is 0 Å². The number of ether oxygens (including phenoxy) is 1. The summed E-state index contributed by atoms with van der Waals surface area (Å²) in [5.74, 6) is 0.180. The Morgan fingerprint density at radius 1 is 1.08 bits per heavy atom.